The van der Waals surface area contributed by atoms with Gasteiger partial charge in [0.15, 0.2) is 11.5 Å². The van der Waals surface area contributed by atoms with Crippen LogP contribution in [0.4, 0.5) is 5.69 Å². The van der Waals surface area contributed by atoms with Crippen molar-refractivity contribution in [1.29, 1.82) is 0 Å². The number of rotatable bonds is 6. The van der Waals surface area contributed by atoms with Gasteiger partial charge in [0.2, 0.25) is 5.91 Å². The van der Waals surface area contributed by atoms with Gasteiger partial charge >= 0.3 is 0 Å². The normalized spacial score (nSPS) is 12.6. The van der Waals surface area contributed by atoms with Crippen molar-refractivity contribution in [1.82, 2.24) is 4.57 Å². The third-order valence-corrected chi connectivity index (χ3v) is 5.70. The highest BCUT2D eigenvalue weighted by Gasteiger charge is 2.20. The fraction of sp³-hybridized carbons (Fsp3) is 0.273. The van der Waals surface area contributed by atoms with Crippen LogP contribution in [0.1, 0.15) is 16.2 Å². The summed E-state index contributed by atoms with van der Waals surface area (Å²) in [5, 5.41) is 0. The van der Waals surface area contributed by atoms with Crippen molar-refractivity contribution in [2.45, 2.75) is 26.4 Å². The lowest BCUT2D eigenvalue weighted by Crippen LogP contribution is -2.32. The molecule has 0 radical (unpaired) electrons. The second-order valence-corrected chi connectivity index (χ2v) is 8.17. The van der Waals surface area contributed by atoms with Crippen LogP contribution in [0.3, 0.4) is 0 Å². The van der Waals surface area contributed by atoms with Crippen molar-refractivity contribution in [2.75, 3.05) is 18.1 Å². The molecule has 150 valence electrons. The molecule has 0 fully saturated rings. The van der Waals surface area contributed by atoms with Crippen molar-refractivity contribution in [3.05, 3.63) is 74.8 Å². The minimum absolute atomic E-state index is 0.0523. The predicted molar refractivity (Wildman–Crippen MR) is 113 cm³/mol. The first-order valence-corrected chi connectivity index (χ1v) is 10.3. The van der Waals surface area contributed by atoms with Crippen LogP contribution in [-0.4, -0.2) is 23.7 Å². The van der Waals surface area contributed by atoms with Crippen LogP contribution in [0.25, 0.3) is 0 Å². The molecular formula is C22H22N2O4S. The van der Waals surface area contributed by atoms with E-state index in [2.05, 4.69) is 6.07 Å². The molecule has 1 amide bonds. The third-order valence-electron chi connectivity index (χ3n) is 4.71. The van der Waals surface area contributed by atoms with Gasteiger partial charge < -0.3 is 18.9 Å². The second-order valence-electron chi connectivity index (χ2n) is 6.80. The summed E-state index contributed by atoms with van der Waals surface area (Å²) in [6.45, 7) is 3.87. The molecule has 3 aromatic rings. The Labute approximate surface area is 172 Å². The van der Waals surface area contributed by atoms with Gasteiger partial charge in [-0.1, -0.05) is 6.07 Å². The van der Waals surface area contributed by atoms with E-state index >= 15 is 0 Å². The molecule has 0 saturated carbocycles. The first-order chi connectivity index (χ1) is 14.1. The molecular weight excluding hydrogens is 388 g/mol. The molecule has 1 aliphatic rings. The minimum Gasteiger partial charge on any atom is -0.486 e. The van der Waals surface area contributed by atoms with Crippen LogP contribution in [-0.2, 0) is 17.9 Å². The maximum Gasteiger partial charge on any atom is 0.250 e. The van der Waals surface area contributed by atoms with E-state index in [9.17, 15) is 9.59 Å². The number of fused-ring (bicyclic) bond motifs is 1. The van der Waals surface area contributed by atoms with Crippen molar-refractivity contribution in [3.63, 3.8) is 0 Å². The van der Waals surface area contributed by atoms with Crippen molar-refractivity contribution in [2.24, 2.45) is 0 Å². The number of aryl methyl sites for hydroxylation is 2. The smallest absolute Gasteiger partial charge is 0.250 e. The summed E-state index contributed by atoms with van der Waals surface area (Å²) in [5.41, 5.74) is 0.644. The van der Waals surface area contributed by atoms with E-state index in [0.717, 1.165) is 10.6 Å². The summed E-state index contributed by atoms with van der Waals surface area (Å²) in [6, 6.07) is 14.6. The summed E-state index contributed by atoms with van der Waals surface area (Å²) < 4.78 is 12.8. The van der Waals surface area contributed by atoms with Crippen molar-refractivity contribution < 1.29 is 14.3 Å². The molecule has 2 aromatic heterocycles. The van der Waals surface area contributed by atoms with Crippen LogP contribution in [0.2, 0.25) is 0 Å². The number of aromatic nitrogens is 1. The summed E-state index contributed by atoms with van der Waals surface area (Å²) in [7, 11) is 0. The topological polar surface area (TPSA) is 60.8 Å². The Morgan fingerprint density at radius 1 is 1.10 bits per heavy atom. The highest BCUT2D eigenvalue weighted by molar-refractivity contribution is 7.11. The number of anilines is 1. The first kappa shape index (κ1) is 19.3. The number of pyridine rings is 1. The van der Waals surface area contributed by atoms with Gasteiger partial charge in [-0.05, 0) is 37.3 Å². The molecule has 29 heavy (non-hydrogen) atoms. The van der Waals surface area contributed by atoms with Crippen LogP contribution in [0.15, 0.2) is 59.5 Å². The summed E-state index contributed by atoms with van der Waals surface area (Å²) in [6.07, 6.45) is 1.93. The highest BCUT2D eigenvalue weighted by Crippen LogP contribution is 2.35. The number of benzene rings is 1. The molecule has 4 rings (SSSR count). The van der Waals surface area contributed by atoms with Gasteiger partial charge in [0.25, 0.3) is 5.56 Å². The maximum absolute atomic E-state index is 13.2. The summed E-state index contributed by atoms with van der Waals surface area (Å²) in [4.78, 5) is 29.1. The van der Waals surface area contributed by atoms with Crippen LogP contribution in [0, 0.1) is 6.92 Å². The molecule has 1 aliphatic heterocycles. The second kappa shape index (κ2) is 8.53. The van der Waals surface area contributed by atoms with Crippen molar-refractivity contribution in [3.8, 4) is 11.5 Å². The van der Waals surface area contributed by atoms with E-state index in [4.69, 9.17) is 9.47 Å². The Morgan fingerprint density at radius 2 is 1.93 bits per heavy atom. The number of carbonyl (C=O) groups is 1. The predicted octanol–water partition coefficient (Wildman–Crippen LogP) is 3.61. The summed E-state index contributed by atoms with van der Waals surface area (Å²) >= 11 is 1.67. The lowest BCUT2D eigenvalue weighted by molar-refractivity contribution is -0.119. The zero-order valence-electron chi connectivity index (χ0n) is 16.2. The average molecular weight is 410 g/mol. The Kier molecular flexibility index (Phi) is 5.67. The molecule has 0 aliphatic carbocycles. The average Bonchev–Trinajstić information content (AvgIpc) is 3.15. The van der Waals surface area contributed by atoms with Gasteiger partial charge in [0.1, 0.15) is 13.2 Å². The number of thiophene rings is 1. The number of nitrogens with zero attached hydrogens (tertiary/aromatic N) is 2. The van der Waals surface area contributed by atoms with Gasteiger partial charge in [-0.2, -0.15) is 0 Å². The number of amides is 1. The standard InChI is InChI=1S/C22H22N2O4S/c1-16-5-7-18(29-16)15-24(17-6-8-19-20(14-17)28-13-12-27-19)22(26)9-11-23-10-3-2-4-21(23)25/h2-8,10,14H,9,11-13,15H2,1H3. The molecule has 0 saturated heterocycles. The molecule has 0 spiro atoms. The quantitative estimate of drug-likeness (QED) is 0.623. The number of carbonyl (C=O) groups excluding carboxylic acids is 1. The van der Waals surface area contributed by atoms with E-state index in [1.807, 2.05) is 31.2 Å². The third kappa shape index (κ3) is 4.51. The molecule has 6 nitrogen and oxygen atoms in total. The van der Waals surface area contributed by atoms with E-state index < -0.39 is 0 Å². The van der Waals surface area contributed by atoms with Gasteiger partial charge in [-0.25, -0.2) is 0 Å². The number of ether oxygens (including phenoxy) is 2. The molecule has 7 heteroatoms. The molecule has 3 heterocycles. The Balaban J connectivity index is 1.58. The number of hydrogen-bond acceptors (Lipinski definition) is 5. The fourth-order valence-electron chi connectivity index (χ4n) is 3.25. The first-order valence-electron chi connectivity index (χ1n) is 9.51. The van der Waals surface area contributed by atoms with E-state index in [0.29, 0.717) is 37.8 Å². The van der Waals surface area contributed by atoms with Crippen LogP contribution >= 0.6 is 11.3 Å². The summed E-state index contributed by atoms with van der Waals surface area (Å²) in [5.74, 6) is 1.28. The van der Waals surface area contributed by atoms with Crippen LogP contribution < -0.4 is 19.9 Å². The Bertz CT molecular complexity index is 1070. The molecule has 0 N–H and O–H groups in total. The Morgan fingerprint density at radius 3 is 2.69 bits per heavy atom. The van der Waals surface area contributed by atoms with E-state index in [-0.39, 0.29) is 17.9 Å². The lowest BCUT2D eigenvalue weighted by atomic mass is 10.2. The van der Waals surface area contributed by atoms with Crippen molar-refractivity contribution >= 4 is 22.9 Å². The van der Waals surface area contributed by atoms with E-state index in [1.165, 1.54) is 10.9 Å². The zero-order valence-corrected chi connectivity index (χ0v) is 17.0. The maximum atomic E-state index is 13.2. The molecule has 0 bridgehead atoms. The lowest BCUT2D eigenvalue weighted by Gasteiger charge is -2.25. The molecule has 0 atom stereocenters. The van der Waals surface area contributed by atoms with Gasteiger partial charge in [-0.15, -0.1) is 11.3 Å². The van der Waals surface area contributed by atoms with Gasteiger partial charge in [0.05, 0.1) is 6.54 Å². The fourth-order valence-corrected chi connectivity index (χ4v) is 4.13. The highest BCUT2D eigenvalue weighted by atomic mass is 32.1. The largest absolute Gasteiger partial charge is 0.486 e. The Hall–Kier alpha value is -3.06. The zero-order chi connectivity index (χ0) is 20.2. The monoisotopic (exact) mass is 410 g/mol. The molecule has 0 unspecified atom stereocenters. The van der Waals surface area contributed by atoms with E-state index in [1.54, 1.807) is 39.1 Å². The van der Waals surface area contributed by atoms with Gasteiger partial charge in [0, 0.05) is 46.7 Å². The number of hydrogen-bond donors (Lipinski definition) is 0. The molecule has 1 aromatic carbocycles. The minimum atomic E-state index is -0.111. The van der Waals surface area contributed by atoms with Crippen LogP contribution in [0.5, 0.6) is 11.5 Å². The van der Waals surface area contributed by atoms with Gasteiger partial charge in [-0.3, -0.25) is 9.59 Å². The SMILES string of the molecule is Cc1ccc(CN(C(=O)CCn2ccccc2=O)c2ccc3c(c2)OCCO3)s1.